The highest BCUT2D eigenvalue weighted by atomic mass is 35.5. The molecule has 1 saturated heterocycles. The Morgan fingerprint density at radius 3 is 2.44 bits per heavy atom. The fourth-order valence-corrected chi connectivity index (χ4v) is 8.81. The van der Waals surface area contributed by atoms with Gasteiger partial charge >= 0.3 is 6.09 Å². The third kappa shape index (κ3) is 8.51. The predicted octanol–water partition coefficient (Wildman–Crippen LogP) is 5.87. The van der Waals surface area contributed by atoms with Gasteiger partial charge in [-0.15, -0.1) is 0 Å². The van der Waals surface area contributed by atoms with Crippen molar-refractivity contribution in [3.8, 4) is 0 Å². The molecular formula is C38H48ClFN4O7S. The lowest BCUT2D eigenvalue weighted by Gasteiger charge is -2.36. The molecule has 52 heavy (non-hydrogen) atoms. The number of nitrogens with zero attached hydrogens (tertiary/aromatic N) is 2. The van der Waals surface area contributed by atoms with Crippen molar-refractivity contribution in [2.75, 3.05) is 11.9 Å². The lowest BCUT2D eigenvalue weighted by atomic mass is 9.85. The summed E-state index contributed by atoms with van der Waals surface area (Å²) in [6.45, 7) is 11.9. The number of amides is 3. The number of halogens is 2. The van der Waals surface area contributed by atoms with Crippen molar-refractivity contribution in [3.05, 3.63) is 63.9 Å². The molecule has 1 unspecified atom stereocenters. The van der Waals surface area contributed by atoms with Crippen LogP contribution in [0.1, 0.15) is 82.9 Å². The van der Waals surface area contributed by atoms with Crippen LogP contribution in [0.25, 0.3) is 0 Å². The molecule has 3 fully saturated rings. The molecule has 2 aliphatic heterocycles. The van der Waals surface area contributed by atoms with Gasteiger partial charge in [0.2, 0.25) is 11.8 Å². The van der Waals surface area contributed by atoms with Gasteiger partial charge in [-0.25, -0.2) is 13.4 Å². The number of carbonyl (C=O) groups excluding carboxylic acids is 5. The highest BCUT2D eigenvalue weighted by Crippen LogP contribution is 2.58. The molecular weight excluding hydrogens is 711 g/mol. The number of likely N-dealkylation sites (tertiary alicyclic amines) is 1. The van der Waals surface area contributed by atoms with Gasteiger partial charge in [0.1, 0.15) is 35.7 Å². The third-order valence-corrected chi connectivity index (χ3v) is 12.3. The number of benzene rings is 2. The second-order valence-electron chi connectivity index (χ2n) is 15.5. The van der Waals surface area contributed by atoms with Crippen LogP contribution in [0.15, 0.2) is 36.4 Å². The number of hydrogen-bond acceptors (Lipinski definition) is 8. The summed E-state index contributed by atoms with van der Waals surface area (Å²) in [4.78, 5) is 66.8. The molecule has 2 saturated carbocycles. The topological polar surface area (TPSA) is 142 Å². The summed E-state index contributed by atoms with van der Waals surface area (Å²) < 4.78 is 35.6. The molecule has 282 valence electrons. The van der Waals surface area contributed by atoms with Crippen LogP contribution in [0.5, 0.6) is 0 Å². The molecule has 2 aromatic rings. The number of Topliss-reactive ketones (excluding diaryl/α,β-unsaturated/α-hetero) is 1. The molecule has 2 heterocycles. The zero-order chi connectivity index (χ0) is 38.1. The standard InChI is InChI=1S/C37H46ClFN4O6S.CH2O/c1-6-23-16-37(23,34(46)41-50(48)27-10-11-27)17-31(44)30-15-26(49-35(47)42-18-22-8-7-9-29(38)28(22)20-42)19-43(30)33(45)32(36(3,4)5)40-25-13-21(2)12-24(39)14-25;1-2/h7-9,12-14,23,26-27,30,32,40H,6,10-11,15-20H2,1-5H3,(H,41,46);1H2/t23-,26-,30+,32-,37-,50?;/m1./s1. The van der Waals surface area contributed by atoms with Crippen LogP contribution in [0, 0.1) is 29.5 Å². The summed E-state index contributed by atoms with van der Waals surface area (Å²) in [6, 6.07) is 8.14. The summed E-state index contributed by atoms with van der Waals surface area (Å²) in [5.41, 5.74) is 1.23. The van der Waals surface area contributed by atoms with E-state index in [1.807, 2.05) is 46.6 Å². The highest BCUT2D eigenvalue weighted by molar-refractivity contribution is 7.84. The minimum Gasteiger partial charge on any atom is -0.444 e. The minimum atomic E-state index is -1.50. The number of hydrogen-bond donors (Lipinski definition) is 2. The second kappa shape index (κ2) is 15.6. The summed E-state index contributed by atoms with van der Waals surface area (Å²) in [5.74, 6) is -1.58. The maximum atomic E-state index is 14.6. The summed E-state index contributed by atoms with van der Waals surface area (Å²) in [5, 5.41) is 3.74. The smallest absolute Gasteiger partial charge is 0.410 e. The first-order valence-corrected chi connectivity index (χ1v) is 19.3. The summed E-state index contributed by atoms with van der Waals surface area (Å²) in [7, 11) is -1.50. The van der Waals surface area contributed by atoms with E-state index in [1.165, 1.54) is 17.0 Å². The Bertz CT molecular complexity index is 1730. The normalized spacial score (nSPS) is 24.6. The van der Waals surface area contributed by atoms with E-state index in [9.17, 15) is 27.8 Å². The SMILES string of the molecule is C=O.CC[C@@H]1C[C@]1(CC(=O)[C@@H]1C[C@@H](OC(=O)N2Cc3cccc(Cl)c3C2)CN1C(=O)[C@@H](Nc1cc(C)cc(F)c1)C(C)(C)C)C(=O)NS(=O)C1CC1. The van der Waals surface area contributed by atoms with E-state index in [1.54, 1.807) is 24.0 Å². The zero-order valence-corrected chi connectivity index (χ0v) is 31.9. The maximum absolute atomic E-state index is 14.6. The van der Waals surface area contributed by atoms with Crippen LogP contribution in [-0.4, -0.2) is 74.5 Å². The van der Waals surface area contributed by atoms with Crippen LogP contribution in [0.4, 0.5) is 14.9 Å². The minimum absolute atomic E-state index is 0.0267. The molecule has 0 spiro atoms. The Labute approximate surface area is 311 Å². The Morgan fingerprint density at radius 2 is 1.85 bits per heavy atom. The Morgan fingerprint density at radius 1 is 1.13 bits per heavy atom. The molecule has 3 amide bonds. The van der Waals surface area contributed by atoms with Crippen molar-refractivity contribution in [2.24, 2.45) is 16.7 Å². The quantitative estimate of drug-likeness (QED) is 0.290. The van der Waals surface area contributed by atoms with Gasteiger partial charge in [0.25, 0.3) is 0 Å². The number of anilines is 1. The number of fused-ring (bicyclic) bond motifs is 1. The number of ether oxygens (including phenoxy) is 1. The number of ketones is 1. The second-order valence-corrected chi connectivity index (χ2v) is 17.4. The van der Waals surface area contributed by atoms with Gasteiger partial charge in [0.05, 0.1) is 29.8 Å². The molecule has 6 atom stereocenters. The number of nitrogens with one attached hydrogen (secondary N) is 2. The first-order chi connectivity index (χ1) is 24.6. The van der Waals surface area contributed by atoms with Gasteiger partial charge in [0.15, 0.2) is 5.78 Å². The van der Waals surface area contributed by atoms with Gasteiger partial charge in [-0.2, -0.15) is 0 Å². The zero-order valence-electron chi connectivity index (χ0n) is 30.3. The van der Waals surface area contributed by atoms with Crippen LogP contribution in [-0.2, 0) is 48.0 Å². The highest BCUT2D eigenvalue weighted by Gasteiger charge is 2.61. The average Bonchev–Trinajstić information content (AvgIpc) is 3.97. The van der Waals surface area contributed by atoms with Gasteiger partial charge in [-0.1, -0.05) is 57.8 Å². The van der Waals surface area contributed by atoms with Crippen molar-refractivity contribution in [3.63, 3.8) is 0 Å². The number of rotatable bonds is 11. The molecule has 0 bridgehead atoms. The largest absolute Gasteiger partial charge is 0.444 e. The molecule has 11 nitrogen and oxygen atoms in total. The van der Waals surface area contributed by atoms with Crippen molar-refractivity contribution in [2.45, 2.75) is 110 Å². The van der Waals surface area contributed by atoms with Crippen LogP contribution in [0.2, 0.25) is 5.02 Å². The molecule has 2 aliphatic carbocycles. The van der Waals surface area contributed by atoms with Crippen molar-refractivity contribution >= 4 is 58.8 Å². The van der Waals surface area contributed by atoms with E-state index in [0.717, 1.165) is 24.0 Å². The molecule has 0 radical (unpaired) electrons. The van der Waals surface area contributed by atoms with Crippen molar-refractivity contribution in [1.82, 2.24) is 14.5 Å². The van der Waals surface area contributed by atoms with Crippen LogP contribution >= 0.6 is 11.6 Å². The predicted molar refractivity (Wildman–Crippen MR) is 196 cm³/mol. The van der Waals surface area contributed by atoms with Gasteiger partial charge < -0.3 is 19.7 Å². The molecule has 14 heteroatoms. The van der Waals surface area contributed by atoms with E-state index < -0.39 is 57.8 Å². The van der Waals surface area contributed by atoms with E-state index in [2.05, 4.69) is 10.0 Å². The summed E-state index contributed by atoms with van der Waals surface area (Å²) in [6.07, 6.45) is 1.34. The molecule has 6 rings (SSSR count). The molecule has 4 aliphatic rings. The Balaban J connectivity index is 0.00000257. The first kappa shape index (κ1) is 39.4. The van der Waals surface area contributed by atoms with E-state index in [4.69, 9.17) is 21.1 Å². The molecule has 0 aromatic heterocycles. The lowest BCUT2D eigenvalue weighted by molar-refractivity contribution is -0.141. The van der Waals surface area contributed by atoms with Crippen molar-refractivity contribution in [1.29, 1.82) is 0 Å². The van der Waals surface area contributed by atoms with Crippen molar-refractivity contribution < 1.29 is 37.3 Å². The number of aryl methyl sites for hydroxylation is 1. The Hall–Kier alpha value is -3.84. The van der Waals surface area contributed by atoms with Crippen LogP contribution in [0.3, 0.4) is 0 Å². The molecule has 2 aromatic carbocycles. The fraction of sp³-hybridized carbons (Fsp3) is 0.553. The van der Waals surface area contributed by atoms with Gasteiger partial charge in [-0.05, 0) is 78.5 Å². The van der Waals surface area contributed by atoms with E-state index in [0.29, 0.717) is 35.7 Å². The van der Waals surface area contributed by atoms with E-state index >= 15 is 0 Å². The Kier molecular flexibility index (Phi) is 11.8. The average molecular weight is 759 g/mol. The first-order valence-electron chi connectivity index (χ1n) is 17.7. The maximum Gasteiger partial charge on any atom is 0.410 e. The fourth-order valence-electron chi connectivity index (χ4n) is 7.44. The number of carbonyl (C=O) groups is 5. The van der Waals surface area contributed by atoms with E-state index in [-0.39, 0.29) is 48.8 Å². The monoisotopic (exact) mass is 758 g/mol. The summed E-state index contributed by atoms with van der Waals surface area (Å²) >= 11 is 6.37. The third-order valence-electron chi connectivity index (χ3n) is 10.5. The molecule has 2 N–H and O–H groups in total. The van der Waals surface area contributed by atoms with Gasteiger partial charge in [0, 0.05) is 30.1 Å². The van der Waals surface area contributed by atoms with Crippen LogP contribution < -0.4 is 10.0 Å². The van der Waals surface area contributed by atoms with Gasteiger partial charge in [-0.3, -0.25) is 24.0 Å². The lowest BCUT2D eigenvalue weighted by Crippen LogP contribution is -2.53.